The molecule has 146 valence electrons. The van der Waals surface area contributed by atoms with Crippen LogP contribution in [-0.4, -0.2) is 22.1 Å². The lowest BCUT2D eigenvalue weighted by atomic mass is 9.78. The third-order valence-corrected chi connectivity index (χ3v) is 6.09. The summed E-state index contributed by atoms with van der Waals surface area (Å²) in [6.45, 7) is 0.796. The van der Waals surface area contributed by atoms with Crippen molar-refractivity contribution in [3.05, 3.63) is 70.8 Å². The molecule has 0 amide bonds. The van der Waals surface area contributed by atoms with E-state index in [-0.39, 0.29) is 17.6 Å². The van der Waals surface area contributed by atoms with E-state index in [0.29, 0.717) is 18.4 Å². The van der Waals surface area contributed by atoms with Crippen molar-refractivity contribution in [2.24, 2.45) is 0 Å². The highest BCUT2D eigenvalue weighted by atomic mass is 19.4. The quantitative estimate of drug-likeness (QED) is 0.839. The Kier molecular flexibility index (Phi) is 4.68. The lowest BCUT2D eigenvalue weighted by Crippen LogP contribution is -2.49. The van der Waals surface area contributed by atoms with Gasteiger partial charge in [-0.25, -0.2) is 0 Å². The first-order valence-electron chi connectivity index (χ1n) is 9.44. The number of fused-ring (bicyclic) bond motifs is 2. The number of alkyl halides is 3. The highest BCUT2D eigenvalue weighted by molar-refractivity contribution is 5.45. The van der Waals surface area contributed by atoms with E-state index in [1.54, 1.807) is 0 Å². The lowest BCUT2D eigenvalue weighted by Gasteiger charge is -2.44. The summed E-state index contributed by atoms with van der Waals surface area (Å²) < 4.78 is 39.0. The molecule has 2 atom stereocenters. The van der Waals surface area contributed by atoms with E-state index in [1.165, 1.54) is 11.6 Å². The second-order valence-electron chi connectivity index (χ2n) is 7.85. The zero-order valence-corrected chi connectivity index (χ0v) is 15.3. The second kappa shape index (κ2) is 6.91. The molecule has 2 saturated heterocycles. The van der Waals surface area contributed by atoms with Crippen LogP contribution >= 0.6 is 0 Å². The van der Waals surface area contributed by atoms with E-state index in [4.69, 9.17) is 0 Å². The van der Waals surface area contributed by atoms with Crippen molar-refractivity contribution >= 4 is 0 Å². The van der Waals surface area contributed by atoms with Crippen LogP contribution in [0, 0.1) is 11.3 Å². The topological polar surface area (TPSA) is 47.3 Å². The highest BCUT2D eigenvalue weighted by Crippen LogP contribution is 2.47. The Morgan fingerprint density at radius 1 is 1.07 bits per heavy atom. The number of halogens is 3. The Balaban J connectivity index is 1.60. The van der Waals surface area contributed by atoms with E-state index >= 15 is 0 Å². The van der Waals surface area contributed by atoms with Gasteiger partial charge in [-0.1, -0.05) is 36.4 Å². The van der Waals surface area contributed by atoms with Crippen LogP contribution in [0.1, 0.15) is 47.9 Å². The van der Waals surface area contributed by atoms with Crippen LogP contribution < -0.4 is 0 Å². The van der Waals surface area contributed by atoms with Crippen molar-refractivity contribution in [3.63, 3.8) is 0 Å². The van der Waals surface area contributed by atoms with E-state index in [9.17, 15) is 23.5 Å². The first kappa shape index (κ1) is 19.0. The fraction of sp³-hybridized carbons (Fsp3) is 0.409. The SMILES string of the molecule is N#Cc1cc(C(F)(F)F)ccc1C1(O)CC2CCC(C1)N2Cc1ccccc1. The summed E-state index contributed by atoms with van der Waals surface area (Å²) in [4.78, 5) is 2.39. The van der Waals surface area contributed by atoms with Crippen LogP contribution in [0.5, 0.6) is 0 Å². The fourth-order valence-corrected chi connectivity index (χ4v) is 4.81. The van der Waals surface area contributed by atoms with Gasteiger partial charge in [0.2, 0.25) is 0 Å². The minimum absolute atomic E-state index is 0.0896. The molecule has 2 aromatic rings. The summed E-state index contributed by atoms with van der Waals surface area (Å²) in [5.74, 6) is 0. The van der Waals surface area contributed by atoms with Gasteiger partial charge < -0.3 is 5.11 Å². The number of hydrogen-bond donors (Lipinski definition) is 1. The average Bonchev–Trinajstić information content (AvgIpc) is 2.91. The van der Waals surface area contributed by atoms with Crippen LogP contribution in [0.4, 0.5) is 13.2 Å². The van der Waals surface area contributed by atoms with Gasteiger partial charge in [-0.05, 0) is 43.4 Å². The third kappa shape index (κ3) is 3.41. The number of aliphatic hydroxyl groups is 1. The molecule has 0 radical (unpaired) electrons. The molecule has 2 aromatic carbocycles. The summed E-state index contributed by atoms with van der Waals surface area (Å²) in [5, 5.41) is 20.8. The molecule has 2 bridgehead atoms. The first-order chi connectivity index (χ1) is 13.3. The number of piperidine rings is 1. The largest absolute Gasteiger partial charge is 0.416 e. The number of benzene rings is 2. The minimum atomic E-state index is -4.51. The van der Waals surface area contributed by atoms with Crippen LogP contribution in [0.15, 0.2) is 48.5 Å². The highest BCUT2D eigenvalue weighted by Gasteiger charge is 2.49. The van der Waals surface area contributed by atoms with E-state index in [0.717, 1.165) is 31.5 Å². The lowest BCUT2D eigenvalue weighted by molar-refractivity contribution is -0.137. The van der Waals surface area contributed by atoms with Crippen LogP contribution in [0.2, 0.25) is 0 Å². The molecular formula is C22H21F3N2O. The van der Waals surface area contributed by atoms with Crippen molar-refractivity contribution < 1.29 is 18.3 Å². The Morgan fingerprint density at radius 2 is 1.71 bits per heavy atom. The van der Waals surface area contributed by atoms with Gasteiger partial charge in [0.1, 0.15) is 0 Å². The van der Waals surface area contributed by atoms with Gasteiger partial charge in [-0.15, -0.1) is 0 Å². The van der Waals surface area contributed by atoms with Gasteiger partial charge >= 0.3 is 6.18 Å². The molecule has 2 fully saturated rings. The summed E-state index contributed by atoms with van der Waals surface area (Å²) in [6.07, 6.45) is -1.76. The van der Waals surface area contributed by atoms with Gasteiger partial charge in [0.05, 0.1) is 22.8 Å². The molecule has 28 heavy (non-hydrogen) atoms. The van der Waals surface area contributed by atoms with E-state index < -0.39 is 17.3 Å². The standard InChI is InChI=1S/C22H21F3N2O/c23-22(24,25)17-6-9-20(16(10-17)13-26)21(28)11-18-7-8-19(12-21)27(18)14-15-4-2-1-3-5-15/h1-6,9-10,18-19,28H,7-8,11-12,14H2. The molecule has 0 saturated carbocycles. The molecule has 0 spiro atoms. The van der Waals surface area contributed by atoms with Gasteiger partial charge in [0, 0.05) is 24.2 Å². The summed E-state index contributed by atoms with van der Waals surface area (Å²) >= 11 is 0. The predicted molar refractivity (Wildman–Crippen MR) is 98.1 cm³/mol. The molecule has 2 aliphatic rings. The zero-order chi connectivity index (χ0) is 19.9. The van der Waals surface area contributed by atoms with Crippen molar-refractivity contribution in [3.8, 4) is 6.07 Å². The first-order valence-corrected chi connectivity index (χ1v) is 9.44. The normalized spacial score (nSPS) is 27.5. The molecule has 2 aliphatic heterocycles. The minimum Gasteiger partial charge on any atom is -0.385 e. The summed E-state index contributed by atoms with van der Waals surface area (Å²) in [7, 11) is 0. The zero-order valence-electron chi connectivity index (χ0n) is 15.3. The van der Waals surface area contributed by atoms with Crippen molar-refractivity contribution in [2.75, 3.05) is 0 Å². The van der Waals surface area contributed by atoms with Crippen LogP contribution in [-0.2, 0) is 18.3 Å². The van der Waals surface area contributed by atoms with E-state index in [2.05, 4.69) is 17.0 Å². The van der Waals surface area contributed by atoms with Gasteiger partial charge in [0.15, 0.2) is 0 Å². The summed E-state index contributed by atoms with van der Waals surface area (Å²) in [5.41, 5.74) is -0.695. The number of nitrogens with zero attached hydrogens (tertiary/aromatic N) is 2. The van der Waals surface area contributed by atoms with Gasteiger partial charge in [-0.2, -0.15) is 18.4 Å². The summed E-state index contributed by atoms with van der Waals surface area (Å²) in [6, 6.07) is 15.4. The molecule has 3 nitrogen and oxygen atoms in total. The molecule has 2 heterocycles. The molecule has 2 unspecified atom stereocenters. The Labute approximate surface area is 162 Å². The average molecular weight is 386 g/mol. The fourth-order valence-electron chi connectivity index (χ4n) is 4.81. The number of hydrogen-bond acceptors (Lipinski definition) is 3. The number of nitriles is 1. The maximum Gasteiger partial charge on any atom is 0.416 e. The maximum absolute atomic E-state index is 13.0. The predicted octanol–water partition coefficient (Wildman–Crippen LogP) is 4.59. The smallest absolute Gasteiger partial charge is 0.385 e. The van der Waals surface area contributed by atoms with E-state index in [1.807, 2.05) is 24.3 Å². The second-order valence-corrected chi connectivity index (χ2v) is 7.85. The molecule has 0 aliphatic carbocycles. The Morgan fingerprint density at radius 3 is 2.29 bits per heavy atom. The monoisotopic (exact) mass is 386 g/mol. The van der Waals surface area contributed by atoms with Gasteiger partial charge in [0.25, 0.3) is 0 Å². The molecule has 4 rings (SSSR count). The molecular weight excluding hydrogens is 365 g/mol. The molecule has 6 heteroatoms. The van der Waals surface area contributed by atoms with Gasteiger partial charge in [-0.3, -0.25) is 4.90 Å². The van der Waals surface area contributed by atoms with Crippen LogP contribution in [0.3, 0.4) is 0 Å². The third-order valence-electron chi connectivity index (χ3n) is 6.09. The Bertz CT molecular complexity index is 890. The van der Waals surface area contributed by atoms with Crippen molar-refractivity contribution in [1.29, 1.82) is 5.26 Å². The molecule has 1 N–H and O–H groups in total. The number of rotatable bonds is 3. The van der Waals surface area contributed by atoms with Crippen molar-refractivity contribution in [2.45, 2.75) is 56.1 Å². The maximum atomic E-state index is 13.0. The van der Waals surface area contributed by atoms with Crippen molar-refractivity contribution in [1.82, 2.24) is 4.90 Å². The molecule has 0 aromatic heterocycles. The van der Waals surface area contributed by atoms with Crippen LogP contribution in [0.25, 0.3) is 0 Å². The Hall–Kier alpha value is -2.36.